The first-order valence-electron chi connectivity index (χ1n) is 8.75. The Kier molecular flexibility index (Phi) is 6.08. The van der Waals surface area contributed by atoms with Crippen LogP contribution in [-0.4, -0.2) is 34.2 Å². The highest BCUT2D eigenvalue weighted by atomic mass is 16.5. The van der Waals surface area contributed by atoms with Crippen LogP contribution in [0.5, 0.6) is 0 Å². The van der Waals surface area contributed by atoms with E-state index in [9.17, 15) is 14.7 Å². The Hall–Kier alpha value is -2.76. The smallest absolute Gasteiger partial charge is 0.337 e. The van der Waals surface area contributed by atoms with E-state index in [0.717, 1.165) is 5.56 Å². The Morgan fingerprint density at radius 3 is 2.50 bits per heavy atom. The summed E-state index contributed by atoms with van der Waals surface area (Å²) < 4.78 is 4.95. The number of ether oxygens (including phenoxy) is 1. The van der Waals surface area contributed by atoms with Crippen molar-refractivity contribution in [1.82, 2.24) is 10.2 Å². The lowest BCUT2D eigenvalue weighted by Gasteiger charge is -2.30. The molecule has 140 valence electrons. The zero-order chi connectivity index (χ0) is 19.3. The maximum Gasteiger partial charge on any atom is 0.337 e. The zero-order valence-electron chi connectivity index (χ0n) is 15.7. The molecule has 1 fully saturated rings. The number of hydrogen-bond donors (Lipinski definition) is 2. The van der Waals surface area contributed by atoms with Crippen molar-refractivity contribution < 1.29 is 19.4 Å². The van der Waals surface area contributed by atoms with Gasteiger partial charge >= 0.3 is 5.97 Å². The summed E-state index contributed by atoms with van der Waals surface area (Å²) in [6.07, 6.45) is 1.62. The number of benzene rings is 1. The van der Waals surface area contributed by atoms with Gasteiger partial charge in [0.1, 0.15) is 17.1 Å². The molecule has 26 heavy (non-hydrogen) atoms. The van der Waals surface area contributed by atoms with Gasteiger partial charge in [-0.2, -0.15) is 0 Å². The fourth-order valence-corrected chi connectivity index (χ4v) is 2.86. The van der Waals surface area contributed by atoms with Crippen LogP contribution in [0.25, 0.3) is 0 Å². The highest BCUT2D eigenvalue weighted by Gasteiger charge is 2.40. The zero-order valence-corrected chi connectivity index (χ0v) is 15.7. The van der Waals surface area contributed by atoms with Crippen LogP contribution in [-0.2, 0) is 20.9 Å². The third-order valence-corrected chi connectivity index (χ3v) is 4.24. The lowest BCUT2D eigenvalue weighted by Crippen LogP contribution is -2.46. The lowest BCUT2D eigenvalue weighted by atomic mass is 10.1. The van der Waals surface area contributed by atoms with E-state index in [4.69, 9.17) is 4.74 Å². The molecule has 0 aliphatic carbocycles. The minimum absolute atomic E-state index is 0.147. The van der Waals surface area contributed by atoms with Crippen molar-refractivity contribution in [2.45, 2.75) is 46.3 Å². The molecule has 0 bridgehead atoms. The third kappa shape index (κ3) is 4.25. The molecule has 0 aromatic heterocycles. The first kappa shape index (κ1) is 19.6. The summed E-state index contributed by atoms with van der Waals surface area (Å²) in [6, 6.07) is 9.69. The quantitative estimate of drug-likeness (QED) is 0.464. The fraction of sp³-hybridized carbons (Fsp3) is 0.400. The second-order valence-corrected chi connectivity index (χ2v) is 6.56. The topological polar surface area (TPSA) is 78.9 Å². The van der Waals surface area contributed by atoms with Crippen molar-refractivity contribution >= 4 is 11.9 Å². The van der Waals surface area contributed by atoms with Gasteiger partial charge in [-0.15, -0.1) is 0 Å². The molecule has 1 aliphatic rings. The first-order chi connectivity index (χ1) is 12.3. The summed E-state index contributed by atoms with van der Waals surface area (Å²) in [6.45, 7) is 7.90. The highest BCUT2D eigenvalue weighted by molar-refractivity contribution is 5.97. The molecule has 2 rings (SSSR count). The fourth-order valence-electron chi connectivity index (χ4n) is 2.86. The van der Waals surface area contributed by atoms with Crippen LogP contribution in [0.3, 0.4) is 0 Å². The van der Waals surface area contributed by atoms with Gasteiger partial charge in [-0.3, -0.25) is 4.79 Å². The van der Waals surface area contributed by atoms with Gasteiger partial charge in [-0.05, 0) is 32.8 Å². The maximum atomic E-state index is 12.8. The predicted molar refractivity (Wildman–Crippen MR) is 98.9 cm³/mol. The summed E-state index contributed by atoms with van der Waals surface area (Å²) in [5.41, 5.74) is 0.791. The van der Waals surface area contributed by atoms with E-state index in [1.54, 1.807) is 18.7 Å². The molecule has 1 aromatic carbocycles. The number of carbonyl (C=O) groups is 2. The molecule has 0 atom stereocenters. The van der Waals surface area contributed by atoms with Crippen LogP contribution >= 0.6 is 0 Å². The number of nitrogens with zero attached hydrogens (tertiary/aromatic N) is 1. The number of aliphatic hydroxyl groups is 1. The first-order valence-corrected chi connectivity index (χ1v) is 8.75. The van der Waals surface area contributed by atoms with Crippen LogP contribution < -0.4 is 5.32 Å². The van der Waals surface area contributed by atoms with Gasteiger partial charge < -0.3 is 20.1 Å². The molecule has 0 spiro atoms. The van der Waals surface area contributed by atoms with E-state index in [0.29, 0.717) is 13.0 Å². The molecule has 0 radical (unpaired) electrons. The standard InChI is InChI=1S/C20H26N2O4/c1-5-15(19(25)26-6-2)17(23)12-16-18(24)22(20(3,4)21-16)13-14-10-8-7-9-11-14/h7-12,21,23H,5-6,13H2,1-4H3/b16-12-,17-15-. The largest absolute Gasteiger partial charge is 0.507 e. The Balaban J connectivity index is 2.29. The van der Waals surface area contributed by atoms with E-state index in [-0.39, 0.29) is 29.5 Å². The van der Waals surface area contributed by atoms with Crippen molar-refractivity contribution in [3.05, 3.63) is 59.0 Å². The van der Waals surface area contributed by atoms with Gasteiger partial charge in [0.2, 0.25) is 0 Å². The molecule has 6 heteroatoms. The molecule has 1 amide bonds. The van der Waals surface area contributed by atoms with Crippen LogP contribution in [0, 0.1) is 0 Å². The van der Waals surface area contributed by atoms with Gasteiger partial charge in [0.25, 0.3) is 5.91 Å². The summed E-state index contributed by atoms with van der Waals surface area (Å²) >= 11 is 0. The molecule has 1 aliphatic heterocycles. The average Bonchev–Trinajstić information content (AvgIpc) is 2.79. The number of allylic oxidation sites excluding steroid dienone is 1. The van der Waals surface area contributed by atoms with Gasteiger partial charge in [-0.1, -0.05) is 37.3 Å². The number of hydrogen-bond acceptors (Lipinski definition) is 5. The van der Waals surface area contributed by atoms with Crippen LogP contribution in [0.4, 0.5) is 0 Å². The van der Waals surface area contributed by atoms with Crippen molar-refractivity contribution in [2.24, 2.45) is 0 Å². The Bertz CT molecular complexity index is 735. The molecular formula is C20H26N2O4. The molecule has 1 aromatic rings. The van der Waals surface area contributed by atoms with E-state index < -0.39 is 11.6 Å². The second-order valence-electron chi connectivity index (χ2n) is 6.56. The van der Waals surface area contributed by atoms with Crippen LogP contribution in [0.2, 0.25) is 0 Å². The van der Waals surface area contributed by atoms with Gasteiger partial charge in [0.05, 0.1) is 12.2 Å². The maximum absolute atomic E-state index is 12.8. The Morgan fingerprint density at radius 1 is 1.27 bits per heavy atom. The molecule has 2 N–H and O–H groups in total. The van der Waals surface area contributed by atoms with Gasteiger partial charge in [0.15, 0.2) is 0 Å². The monoisotopic (exact) mass is 358 g/mol. The van der Waals surface area contributed by atoms with Crippen LogP contribution in [0.15, 0.2) is 53.4 Å². The average molecular weight is 358 g/mol. The minimum Gasteiger partial charge on any atom is -0.507 e. The van der Waals surface area contributed by atoms with E-state index in [2.05, 4.69) is 5.32 Å². The summed E-state index contributed by atoms with van der Waals surface area (Å²) in [7, 11) is 0. The number of amides is 1. The van der Waals surface area contributed by atoms with E-state index >= 15 is 0 Å². The van der Waals surface area contributed by atoms with Crippen molar-refractivity contribution in [3.8, 4) is 0 Å². The molecule has 1 saturated heterocycles. The number of aliphatic hydroxyl groups excluding tert-OH is 1. The SMILES string of the molecule is CCOC(=O)/C(CC)=C(O)/C=C1\NC(C)(C)N(Cc2ccccc2)C1=O. The molecule has 1 heterocycles. The lowest BCUT2D eigenvalue weighted by molar-refractivity contribution is -0.138. The van der Waals surface area contributed by atoms with Gasteiger partial charge in [-0.25, -0.2) is 4.79 Å². The number of esters is 1. The van der Waals surface area contributed by atoms with Crippen LogP contribution in [0.1, 0.15) is 39.7 Å². The molecule has 0 unspecified atom stereocenters. The number of nitrogens with one attached hydrogen (secondary N) is 1. The minimum atomic E-state index is -0.616. The van der Waals surface area contributed by atoms with E-state index in [1.165, 1.54) is 6.08 Å². The van der Waals surface area contributed by atoms with Crippen molar-refractivity contribution in [1.29, 1.82) is 0 Å². The molecule has 0 saturated carbocycles. The van der Waals surface area contributed by atoms with Gasteiger partial charge in [0, 0.05) is 12.6 Å². The summed E-state index contributed by atoms with van der Waals surface area (Å²) in [5, 5.41) is 13.4. The molecular weight excluding hydrogens is 332 g/mol. The number of carbonyl (C=O) groups excluding carboxylic acids is 2. The molecule has 6 nitrogen and oxygen atoms in total. The predicted octanol–water partition coefficient (Wildman–Crippen LogP) is 3.02. The summed E-state index contributed by atoms with van der Waals surface area (Å²) in [5.74, 6) is -1.06. The second kappa shape index (κ2) is 8.08. The normalized spacial score (nSPS) is 18.5. The Labute approximate surface area is 154 Å². The summed E-state index contributed by atoms with van der Waals surface area (Å²) in [4.78, 5) is 26.4. The van der Waals surface area contributed by atoms with Crippen molar-refractivity contribution in [2.75, 3.05) is 6.61 Å². The highest BCUT2D eigenvalue weighted by Crippen LogP contribution is 2.26. The Morgan fingerprint density at radius 2 is 1.92 bits per heavy atom. The third-order valence-electron chi connectivity index (χ3n) is 4.24. The van der Waals surface area contributed by atoms with Crippen molar-refractivity contribution in [3.63, 3.8) is 0 Å². The van der Waals surface area contributed by atoms with E-state index in [1.807, 2.05) is 44.2 Å². The number of rotatable bonds is 6.